The van der Waals surface area contributed by atoms with Crippen molar-refractivity contribution in [2.24, 2.45) is 22.6 Å². The number of guanidine groups is 1. The van der Waals surface area contributed by atoms with E-state index in [0.717, 1.165) is 12.8 Å². The quantitative estimate of drug-likeness (QED) is 0.365. The highest BCUT2D eigenvalue weighted by Crippen LogP contribution is 2.28. The van der Waals surface area contributed by atoms with Crippen LogP contribution in [0.3, 0.4) is 0 Å². The van der Waals surface area contributed by atoms with Crippen molar-refractivity contribution in [1.82, 2.24) is 16.0 Å². The van der Waals surface area contributed by atoms with Crippen LogP contribution in [0.15, 0.2) is 4.99 Å². The minimum Gasteiger partial charge on any atom is -0.370 e. The molecule has 0 bridgehead atoms. The molecule has 0 radical (unpaired) electrons. The van der Waals surface area contributed by atoms with Gasteiger partial charge in [0.1, 0.15) is 6.04 Å². The molecule has 1 aliphatic heterocycles. The van der Waals surface area contributed by atoms with Crippen LogP contribution < -0.4 is 21.7 Å². The number of hydrogen-bond acceptors (Lipinski definition) is 4. The maximum atomic E-state index is 12.6. The van der Waals surface area contributed by atoms with Crippen molar-refractivity contribution >= 4 is 23.7 Å². The molecule has 1 unspecified atom stereocenters. The lowest BCUT2D eigenvalue weighted by molar-refractivity contribution is -0.123. The molecule has 1 heterocycles. The Labute approximate surface area is 167 Å². The number of aliphatic imine (C=N–C) groups is 1. The largest absolute Gasteiger partial charge is 0.370 e. The summed E-state index contributed by atoms with van der Waals surface area (Å²) >= 11 is 0. The van der Waals surface area contributed by atoms with Crippen LogP contribution in [0.2, 0.25) is 0 Å². The summed E-state index contributed by atoms with van der Waals surface area (Å²) in [5.41, 5.74) is 5.93. The molecule has 8 nitrogen and oxygen atoms in total. The Kier molecular flexibility index (Phi) is 8.73. The van der Waals surface area contributed by atoms with E-state index in [4.69, 9.17) is 5.73 Å². The summed E-state index contributed by atoms with van der Waals surface area (Å²) in [6.07, 6.45) is 7.75. The number of carbonyl (C=O) groups is 3. The van der Waals surface area contributed by atoms with Gasteiger partial charge in [-0.05, 0) is 24.7 Å². The Bertz CT molecular complexity index is 584. The van der Waals surface area contributed by atoms with Gasteiger partial charge in [-0.15, -0.1) is 0 Å². The molecule has 1 aliphatic carbocycles. The van der Waals surface area contributed by atoms with Crippen LogP contribution in [0, 0.1) is 11.8 Å². The fraction of sp³-hybridized carbons (Fsp3) is 0.800. The first kappa shape index (κ1) is 22.2. The zero-order valence-electron chi connectivity index (χ0n) is 17.1. The number of hydrogen-bond donors (Lipinski definition) is 4. The highest BCUT2D eigenvalue weighted by molar-refractivity contribution is 5.98. The highest BCUT2D eigenvalue weighted by atomic mass is 16.2. The van der Waals surface area contributed by atoms with Crippen LogP contribution in [0.4, 0.5) is 0 Å². The van der Waals surface area contributed by atoms with Gasteiger partial charge in [-0.25, -0.2) is 4.99 Å². The van der Waals surface area contributed by atoms with Gasteiger partial charge in [-0.3, -0.25) is 19.7 Å². The van der Waals surface area contributed by atoms with Crippen molar-refractivity contribution in [3.8, 4) is 0 Å². The smallest absolute Gasteiger partial charge is 0.244 e. The average Bonchev–Trinajstić information content (AvgIpc) is 3.04. The van der Waals surface area contributed by atoms with Gasteiger partial charge in [0.25, 0.3) is 0 Å². The zero-order valence-corrected chi connectivity index (χ0v) is 17.1. The average molecular weight is 394 g/mol. The Morgan fingerprint density at radius 3 is 2.54 bits per heavy atom. The van der Waals surface area contributed by atoms with Crippen molar-refractivity contribution in [1.29, 1.82) is 0 Å². The number of amides is 3. The second-order valence-electron chi connectivity index (χ2n) is 8.46. The molecular formula is C20H35N5O3. The molecule has 0 spiro atoms. The predicted molar refractivity (Wildman–Crippen MR) is 108 cm³/mol. The summed E-state index contributed by atoms with van der Waals surface area (Å²) < 4.78 is 0. The van der Waals surface area contributed by atoms with E-state index < -0.39 is 6.04 Å². The molecule has 2 fully saturated rings. The van der Waals surface area contributed by atoms with Gasteiger partial charge in [-0.2, -0.15) is 0 Å². The number of rotatable bonds is 8. The Hall–Kier alpha value is -2.12. The van der Waals surface area contributed by atoms with Gasteiger partial charge < -0.3 is 16.4 Å². The minimum absolute atomic E-state index is 0.0326. The molecule has 28 heavy (non-hydrogen) atoms. The molecule has 0 aromatic rings. The Morgan fingerprint density at radius 1 is 1.21 bits per heavy atom. The molecule has 0 aromatic carbocycles. The molecule has 2 atom stereocenters. The Morgan fingerprint density at radius 2 is 1.93 bits per heavy atom. The molecule has 158 valence electrons. The number of carbonyl (C=O) groups excluding carboxylic acids is 3. The zero-order chi connectivity index (χ0) is 20.5. The van der Waals surface area contributed by atoms with Gasteiger partial charge >= 0.3 is 0 Å². The normalized spacial score (nSPS) is 22.0. The van der Waals surface area contributed by atoms with E-state index in [-0.39, 0.29) is 36.1 Å². The first-order chi connectivity index (χ1) is 13.3. The predicted octanol–water partition coefficient (Wildman–Crippen LogP) is 1.20. The summed E-state index contributed by atoms with van der Waals surface area (Å²) in [5.74, 6) is 0.307. The van der Waals surface area contributed by atoms with Crippen LogP contribution in [-0.4, -0.2) is 42.3 Å². The molecule has 0 aromatic heterocycles. The van der Waals surface area contributed by atoms with E-state index in [1.165, 1.54) is 19.3 Å². The van der Waals surface area contributed by atoms with E-state index in [0.29, 0.717) is 37.6 Å². The van der Waals surface area contributed by atoms with Crippen LogP contribution in [-0.2, 0) is 14.4 Å². The summed E-state index contributed by atoms with van der Waals surface area (Å²) in [4.78, 5) is 40.4. The number of nitrogens with two attached hydrogens (primary N) is 1. The maximum Gasteiger partial charge on any atom is 0.244 e. The molecule has 8 heteroatoms. The SMILES string of the molecule is CC(C)CNC(=O)[C@@H](CC1CCCCC1)N=C(N)NC(=O)CC1CCC(=O)N1. The third kappa shape index (κ3) is 7.86. The summed E-state index contributed by atoms with van der Waals surface area (Å²) in [5, 5.41) is 8.25. The second-order valence-corrected chi connectivity index (χ2v) is 8.46. The van der Waals surface area contributed by atoms with Crippen molar-refractivity contribution in [3.63, 3.8) is 0 Å². The summed E-state index contributed by atoms with van der Waals surface area (Å²) in [6.45, 7) is 4.66. The van der Waals surface area contributed by atoms with Crippen LogP contribution >= 0.6 is 0 Å². The van der Waals surface area contributed by atoms with Crippen molar-refractivity contribution in [3.05, 3.63) is 0 Å². The first-order valence-corrected chi connectivity index (χ1v) is 10.5. The van der Waals surface area contributed by atoms with E-state index in [1.54, 1.807) is 0 Å². The summed E-state index contributed by atoms with van der Waals surface area (Å²) in [7, 11) is 0. The van der Waals surface area contributed by atoms with Crippen LogP contribution in [0.5, 0.6) is 0 Å². The Balaban J connectivity index is 1.93. The van der Waals surface area contributed by atoms with E-state index in [1.807, 2.05) is 13.8 Å². The van der Waals surface area contributed by atoms with Crippen molar-refractivity contribution in [2.45, 2.75) is 83.7 Å². The highest BCUT2D eigenvalue weighted by Gasteiger charge is 2.26. The topological polar surface area (TPSA) is 126 Å². The van der Waals surface area contributed by atoms with E-state index >= 15 is 0 Å². The fourth-order valence-electron chi connectivity index (χ4n) is 3.83. The van der Waals surface area contributed by atoms with Crippen LogP contribution in [0.1, 0.15) is 71.6 Å². The number of nitrogens with zero attached hydrogens (tertiary/aromatic N) is 1. The monoisotopic (exact) mass is 393 g/mol. The van der Waals surface area contributed by atoms with Gasteiger partial charge in [0.2, 0.25) is 17.7 Å². The van der Waals surface area contributed by atoms with Crippen molar-refractivity contribution in [2.75, 3.05) is 6.54 Å². The number of nitrogens with one attached hydrogen (secondary N) is 3. The third-order valence-electron chi connectivity index (χ3n) is 5.35. The fourth-order valence-corrected chi connectivity index (χ4v) is 3.83. The van der Waals surface area contributed by atoms with Crippen molar-refractivity contribution < 1.29 is 14.4 Å². The van der Waals surface area contributed by atoms with Gasteiger partial charge in [0.15, 0.2) is 5.96 Å². The molecule has 2 rings (SSSR count). The van der Waals surface area contributed by atoms with Gasteiger partial charge in [0.05, 0.1) is 0 Å². The lowest BCUT2D eigenvalue weighted by Crippen LogP contribution is -2.43. The van der Waals surface area contributed by atoms with Gasteiger partial charge in [-0.1, -0.05) is 46.0 Å². The molecular weight excluding hydrogens is 358 g/mol. The maximum absolute atomic E-state index is 12.6. The van der Waals surface area contributed by atoms with Gasteiger partial charge in [0, 0.05) is 25.4 Å². The molecule has 1 saturated heterocycles. The molecule has 1 saturated carbocycles. The lowest BCUT2D eigenvalue weighted by Gasteiger charge is -2.24. The molecule has 5 N–H and O–H groups in total. The van der Waals surface area contributed by atoms with E-state index in [9.17, 15) is 14.4 Å². The molecule has 2 aliphatic rings. The van der Waals surface area contributed by atoms with Crippen LogP contribution in [0.25, 0.3) is 0 Å². The first-order valence-electron chi connectivity index (χ1n) is 10.5. The van der Waals surface area contributed by atoms with E-state index in [2.05, 4.69) is 20.9 Å². The minimum atomic E-state index is -0.590. The summed E-state index contributed by atoms with van der Waals surface area (Å²) in [6, 6.07) is -0.749. The standard InChI is InChI=1S/C20H35N5O3/c1-13(2)12-22-19(28)16(10-14-6-4-3-5-7-14)24-20(21)25-18(27)11-15-8-9-17(26)23-15/h13-16H,3-12H2,1-2H3,(H,22,28)(H,23,26)(H3,21,24,25,27)/t15?,16-/m1/s1. The lowest BCUT2D eigenvalue weighted by atomic mass is 9.84. The molecule has 3 amide bonds. The second kappa shape index (κ2) is 11.0. The third-order valence-corrected chi connectivity index (χ3v) is 5.35.